The maximum atomic E-state index is 14.1. The largest absolute Gasteiger partial charge is 0.354 e. The lowest BCUT2D eigenvalue weighted by Gasteiger charge is -2.33. The van der Waals surface area contributed by atoms with E-state index in [0.717, 1.165) is 34.5 Å². The Kier molecular flexibility index (Phi) is 11.4. The molecule has 3 aromatic rings. The summed E-state index contributed by atoms with van der Waals surface area (Å²) in [6.45, 7) is 3.88. The van der Waals surface area contributed by atoms with Gasteiger partial charge in [-0.15, -0.1) is 0 Å². The fraction of sp³-hybridized carbons (Fsp3) is 0.333. The first kappa shape index (κ1) is 31.5. The van der Waals surface area contributed by atoms with Crippen molar-refractivity contribution in [1.82, 2.24) is 10.2 Å². The van der Waals surface area contributed by atoms with Gasteiger partial charge in [0.1, 0.15) is 12.6 Å². The van der Waals surface area contributed by atoms with Crippen LogP contribution in [-0.4, -0.2) is 50.5 Å². The SMILES string of the molecule is CCCNC(=O)[C@H](Cc1ccccc1)N(Cc1ccc(Cl)cc1Cl)C(=O)CN(c1ccc(CC)cc1)S(C)(=O)=O. The molecular formula is C30H35Cl2N3O4S. The summed E-state index contributed by atoms with van der Waals surface area (Å²) in [5.74, 6) is -0.870. The van der Waals surface area contributed by atoms with Gasteiger partial charge in [-0.2, -0.15) is 0 Å². The van der Waals surface area contributed by atoms with E-state index in [1.807, 2.05) is 56.3 Å². The predicted molar refractivity (Wildman–Crippen MR) is 162 cm³/mol. The summed E-state index contributed by atoms with van der Waals surface area (Å²) in [5.41, 5.74) is 2.85. The zero-order chi connectivity index (χ0) is 29.3. The van der Waals surface area contributed by atoms with Gasteiger partial charge in [0.05, 0.1) is 11.9 Å². The van der Waals surface area contributed by atoms with Crippen LogP contribution in [0, 0.1) is 0 Å². The quantitative estimate of drug-likeness (QED) is 0.280. The minimum Gasteiger partial charge on any atom is -0.354 e. The number of anilines is 1. The van der Waals surface area contributed by atoms with Crippen molar-refractivity contribution in [1.29, 1.82) is 0 Å². The van der Waals surface area contributed by atoms with Gasteiger partial charge in [-0.1, -0.05) is 85.6 Å². The third kappa shape index (κ3) is 8.71. The van der Waals surface area contributed by atoms with Crippen molar-refractivity contribution in [2.75, 3.05) is 23.7 Å². The molecule has 40 heavy (non-hydrogen) atoms. The third-order valence-electron chi connectivity index (χ3n) is 6.49. The van der Waals surface area contributed by atoms with Crippen molar-refractivity contribution in [3.05, 3.63) is 99.5 Å². The number of benzene rings is 3. The van der Waals surface area contributed by atoms with Crippen LogP contribution in [0.25, 0.3) is 0 Å². The summed E-state index contributed by atoms with van der Waals surface area (Å²) in [6, 6.07) is 20.4. The van der Waals surface area contributed by atoms with Gasteiger partial charge in [0.2, 0.25) is 21.8 Å². The molecule has 2 amide bonds. The summed E-state index contributed by atoms with van der Waals surface area (Å²) >= 11 is 12.6. The second-order valence-corrected chi connectivity index (χ2v) is 12.3. The second kappa shape index (κ2) is 14.5. The van der Waals surface area contributed by atoms with Gasteiger partial charge in [0.25, 0.3) is 0 Å². The van der Waals surface area contributed by atoms with Crippen LogP contribution in [-0.2, 0) is 39.0 Å². The molecular weight excluding hydrogens is 569 g/mol. The summed E-state index contributed by atoms with van der Waals surface area (Å²) < 4.78 is 26.8. The zero-order valence-corrected chi connectivity index (χ0v) is 25.3. The molecule has 0 bridgehead atoms. The highest BCUT2D eigenvalue weighted by atomic mass is 35.5. The number of hydrogen-bond acceptors (Lipinski definition) is 4. The summed E-state index contributed by atoms with van der Waals surface area (Å²) in [7, 11) is -3.83. The standard InChI is InChI=1S/C30H35Cl2N3O4S/c1-4-17-33-30(37)28(18-23-9-7-6-8-10-23)34(20-24-13-14-25(31)19-27(24)32)29(36)21-35(40(3,38)39)26-15-11-22(5-2)12-16-26/h6-16,19,28H,4-5,17-18,20-21H2,1-3H3,(H,33,37)/t28-/m0/s1. The highest BCUT2D eigenvalue weighted by Crippen LogP contribution is 2.25. The Balaban J connectivity index is 2.05. The number of nitrogens with one attached hydrogen (secondary N) is 1. The van der Waals surface area contributed by atoms with E-state index in [1.165, 1.54) is 4.90 Å². The lowest BCUT2D eigenvalue weighted by atomic mass is 10.0. The highest BCUT2D eigenvalue weighted by Gasteiger charge is 2.33. The maximum absolute atomic E-state index is 14.1. The first-order valence-electron chi connectivity index (χ1n) is 13.1. The van der Waals surface area contributed by atoms with Crippen molar-refractivity contribution in [3.63, 3.8) is 0 Å². The molecule has 0 saturated carbocycles. The second-order valence-electron chi connectivity index (χ2n) is 9.54. The number of halogens is 2. The molecule has 0 spiro atoms. The Morgan fingerprint density at radius 2 is 1.60 bits per heavy atom. The fourth-order valence-electron chi connectivity index (χ4n) is 4.27. The van der Waals surface area contributed by atoms with Gasteiger partial charge < -0.3 is 10.2 Å². The van der Waals surface area contributed by atoms with Gasteiger partial charge in [0, 0.05) is 29.6 Å². The first-order chi connectivity index (χ1) is 19.0. The van der Waals surface area contributed by atoms with Gasteiger partial charge in [-0.3, -0.25) is 13.9 Å². The Labute approximate surface area is 247 Å². The van der Waals surface area contributed by atoms with E-state index < -0.39 is 28.5 Å². The minimum absolute atomic E-state index is 0.0156. The lowest BCUT2D eigenvalue weighted by Crippen LogP contribution is -2.53. The molecule has 3 aromatic carbocycles. The molecule has 0 aliphatic heterocycles. The number of amides is 2. The topological polar surface area (TPSA) is 86.8 Å². The molecule has 0 radical (unpaired) electrons. The number of carbonyl (C=O) groups is 2. The van der Waals surface area contributed by atoms with E-state index in [0.29, 0.717) is 27.8 Å². The first-order valence-corrected chi connectivity index (χ1v) is 15.8. The summed E-state index contributed by atoms with van der Waals surface area (Å²) in [4.78, 5) is 29.0. The molecule has 214 valence electrons. The molecule has 1 N–H and O–H groups in total. The smallest absolute Gasteiger partial charge is 0.244 e. The summed E-state index contributed by atoms with van der Waals surface area (Å²) in [6.07, 6.45) is 2.80. The molecule has 0 aliphatic carbocycles. The van der Waals surface area contributed by atoms with E-state index in [2.05, 4.69) is 5.32 Å². The molecule has 1 atom stereocenters. The van der Waals surface area contributed by atoms with Crippen LogP contribution in [0.1, 0.15) is 37.0 Å². The van der Waals surface area contributed by atoms with Crippen molar-refractivity contribution in [2.45, 2.75) is 45.7 Å². The Hall–Kier alpha value is -3.07. The van der Waals surface area contributed by atoms with E-state index >= 15 is 0 Å². The van der Waals surface area contributed by atoms with Crippen LogP contribution in [0.5, 0.6) is 0 Å². The maximum Gasteiger partial charge on any atom is 0.244 e. The number of rotatable bonds is 13. The van der Waals surface area contributed by atoms with Gasteiger partial charge in [-0.05, 0) is 53.8 Å². The molecule has 0 saturated heterocycles. The van der Waals surface area contributed by atoms with Crippen LogP contribution in [0.3, 0.4) is 0 Å². The Morgan fingerprint density at radius 3 is 2.17 bits per heavy atom. The lowest BCUT2D eigenvalue weighted by molar-refractivity contribution is -0.140. The van der Waals surface area contributed by atoms with Gasteiger partial charge in [0.15, 0.2) is 0 Å². The van der Waals surface area contributed by atoms with Crippen LogP contribution < -0.4 is 9.62 Å². The highest BCUT2D eigenvalue weighted by molar-refractivity contribution is 7.92. The molecule has 10 heteroatoms. The van der Waals surface area contributed by atoms with Crippen molar-refractivity contribution >= 4 is 50.7 Å². The van der Waals surface area contributed by atoms with E-state index in [4.69, 9.17) is 23.2 Å². The molecule has 3 rings (SSSR count). The number of aryl methyl sites for hydroxylation is 1. The monoisotopic (exact) mass is 603 g/mol. The average molecular weight is 605 g/mol. The van der Waals surface area contributed by atoms with Crippen LogP contribution in [0.2, 0.25) is 10.0 Å². The molecule has 0 heterocycles. The Morgan fingerprint density at radius 1 is 0.925 bits per heavy atom. The molecule has 0 fully saturated rings. The molecule has 7 nitrogen and oxygen atoms in total. The Bertz CT molecular complexity index is 1400. The van der Waals surface area contributed by atoms with Crippen molar-refractivity contribution < 1.29 is 18.0 Å². The van der Waals surface area contributed by atoms with Gasteiger partial charge >= 0.3 is 0 Å². The number of carbonyl (C=O) groups excluding carboxylic acids is 2. The van der Waals surface area contributed by atoms with E-state index in [1.54, 1.807) is 30.3 Å². The minimum atomic E-state index is -3.83. The van der Waals surface area contributed by atoms with E-state index in [-0.39, 0.29) is 18.9 Å². The van der Waals surface area contributed by atoms with Crippen LogP contribution >= 0.6 is 23.2 Å². The number of sulfonamides is 1. The summed E-state index contributed by atoms with van der Waals surface area (Å²) in [5, 5.41) is 3.68. The van der Waals surface area contributed by atoms with E-state index in [9.17, 15) is 18.0 Å². The van der Waals surface area contributed by atoms with Crippen molar-refractivity contribution in [3.8, 4) is 0 Å². The molecule has 0 aliphatic rings. The number of nitrogens with zero attached hydrogens (tertiary/aromatic N) is 2. The zero-order valence-electron chi connectivity index (χ0n) is 22.9. The van der Waals surface area contributed by atoms with Crippen LogP contribution in [0.15, 0.2) is 72.8 Å². The molecule has 0 aromatic heterocycles. The number of hydrogen-bond donors (Lipinski definition) is 1. The predicted octanol–water partition coefficient (Wildman–Crippen LogP) is 5.49. The molecule has 0 unspecified atom stereocenters. The van der Waals surface area contributed by atoms with Crippen LogP contribution in [0.4, 0.5) is 5.69 Å². The normalized spacial score (nSPS) is 12.0. The van der Waals surface area contributed by atoms with Crippen molar-refractivity contribution in [2.24, 2.45) is 0 Å². The third-order valence-corrected chi connectivity index (χ3v) is 8.22. The van der Waals surface area contributed by atoms with Gasteiger partial charge in [-0.25, -0.2) is 8.42 Å². The average Bonchev–Trinajstić information content (AvgIpc) is 2.93. The fourth-order valence-corrected chi connectivity index (χ4v) is 5.58.